The first-order valence-corrected chi connectivity index (χ1v) is 11.5. The molecule has 0 saturated carbocycles. The molecule has 0 aromatic heterocycles. The molecule has 0 aliphatic carbocycles. The van der Waals surface area contributed by atoms with Crippen LogP contribution in [-0.2, 0) is 20.0 Å². The van der Waals surface area contributed by atoms with Gasteiger partial charge in [-0.25, -0.2) is 26.3 Å². The molecule has 3 rings (SSSR count). The second-order valence-electron chi connectivity index (χ2n) is 5.74. The Morgan fingerprint density at radius 2 is 0.964 bits per heavy atom. The van der Waals surface area contributed by atoms with Gasteiger partial charge in [0.2, 0.25) is 10.0 Å². The van der Waals surface area contributed by atoms with Gasteiger partial charge in [0.15, 0.2) is 0 Å². The summed E-state index contributed by atoms with van der Waals surface area (Å²) >= 11 is 11.8. The molecule has 146 valence electrons. The molecular formula is C18H14Cl2N2O4S2. The van der Waals surface area contributed by atoms with Crippen molar-refractivity contribution in [2.75, 3.05) is 4.31 Å². The first kappa shape index (κ1) is 20.6. The van der Waals surface area contributed by atoms with E-state index in [9.17, 15) is 16.8 Å². The lowest BCUT2D eigenvalue weighted by Crippen LogP contribution is -2.26. The van der Waals surface area contributed by atoms with Crippen LogP contribution in [0.2, 0.25) is 10.0 Å². The number of anilines is 2. The molecule has 0 radical (unpaired) electrons. The molecule has 0 aliphatic rings. The minimum atomic E-state index is -4.03. The smallest absolute Gasteiger partial charge is 0.235 e. The van der Waals surface area contributed by atoms with Gasteiger partial charge in [-0.2, -0.15) is 0 Å². The number of nitrogens with two attached hydrogens (primary N) is 1. The van der Waals surface area contributed by atoms with E-state index in [1.807, 2.05) is 0 Å². The zero-order valence-electron chi connectivity index (χ0n) is 14.2. The molecule has 0 unspecified atom stereocenters. The predicted octanol–water partition coefficient (Wildman–Crippen LogP) is 4.17. The molecule has 0 saturated heterocycles. The number of hydrogen-bond acceptors (Lipinski definition) is 4. The van der Waals surface area contributed by atoms with Gasteiger partial charge < -0.3 is 0 Å². The van der Waals surface area contributed by atoms with Crippen molar-refractivity contribution in [3.63, 3.8) is 0 Å². The molecule has 0 amide bonds. The average Bonchev–Trinajstić information content (AvgIpc) is 2.63. The van der Waals surface area contributed by atoms with E-state index in [-0.39, 0.29) is 15.5 Å². The highest BCUT2D eigenvalue weighted by Crippen LogP contribution is 2.34. The fourth-order valence-corrected chi connectivity index (χ4v) is 4.74. The van der Waals surface area contributed by atoms with E-state index in [0.29, 0.717) is 15.7 Å². The Morgan fingerprint density at radius 1 is 0.607 bits per heavy atom. The van der Waals surface area contributed by atoms with Crippen molar-refractivity contribution in [3.8, 4) is 0 Å². The summed E-state index contributed by atoms with van der Waals surface area (Å²) in [4.78, 5) is -0.112. The first-order valence-electron chi connectivity index (χ1n) is 7.78. The molecule has 0 atom stereocenters. The normalized spacial score (nSPS) is 12.0. The van der Waals surface area contributed by atoms with E-state index in [4.69, 9.17) is 28.3 Å². The molecule has 0 fully saturated rings. The Bertz CT molecular complexity index is 1190. The Morgan fingerprint density at radius 3 is 1.39 bits per heavy atom. The summed E-state index contributed by atoms with van der Waals surface area (Å²) < 4.78 is 50.7. The van der Waals surface area contributed by atoms with Crippen LogP contribution in [0.5, 0.6) is 0 Å². The Balaban J connectivity index is 2.18. The van der Waals surface area contributed by atoms with Gasteiger partial charge in [-0.05, 0) is 72.8 Å². The second-order valence-corrected chi connectivity index (χ2v) is 9.96. The molecule has 0 bridgehead atoms. The number of sulfonamides is 2. The number of primary sulfonamides is 1. The van der Waals surface area contributed by atoms with Crippen LogP contribution in [0.3, 0.4) is 0 Å². The minimum Gasteiger partial charge on any atom is -0.235 e. The van der Waals surface area contributed by atoms with Gasteiger partial charge in [0, 0.05) is 10.0 Å². The van der Waals surface area contributed by atoms with Gasteiger partial charge in [-0.15, -0.1) is 0 Å². The lowest BCUT2D eigenvalue weighted by Gasteiger charge is -2.25. The van der Waals surface area contributed by atoms with Crippen molar-refractivity contribution in [2.24, 2.45) is 5.14 Å². The fraction of sp³-hybridized carbons (Fsp3) is 0. The third-order valence-electron chi connectivity index (χ3n) is 3.81. The highest BCUT2D eigenvalue weighted by molar-refractivity contribution is 7.93. The van der Waals surface area contributed by atoms with Crippen molar-refractivity contribution in [2.45, 2.75) is 9.79 Å². The van der Waals surface area contributed by atoms with E-state index >= 15 is 0 Å². The van der Waals surface area contributed by atoms with Crippen molar-refractivity contribution < 1.29 is 16.8 Å². The Hall–Kier alpha value is -2.10. The van der Waals surface area contributed by atoms with Crippen LogP contribution in [0, 0.1) is 0 Å². The van der Waals surface area contributed by atoms with Crippen LogP contribution < -0.4 is 9.44 Å². The van der Waals surface area contributed by atoms with Gasteiger partial charge in [0.05, 0.1) is 21.2 Å². The van der Waals surface area contributed by atoms with Crippen LogP contribution in [0.1, 0.15) is 0 Å². The number of halogens is 2. The summed E-state index contributed by atoms with van der Waals surface area (Å²) in [5.41, 5.74) is 0.548. The van der Waals surface area contributed by atoms with Crippen LogP contribution in [0.25, 0.3) is 0 Å². The van der Waals surface area contributed by atoms with Crippen LogP contribution in [0.4, 0.5) is 11.4 Å². The van der Waals surface area contributed by atoms with Crippen molar-refractivity contribution in [3.05, 3.63) is 82.8 Å². The number of nitrogens with zero attached hydrogens (tertiary/aromatic N) is 1. The third-order valence-corrected chi connectivity index (χ3v) is 7.02. The van der Waals surface area contributed by atoms with Crippen molar-refractivity contribution in [1.29, 1.82) is 0 Å². The van der Waals surface area contributed by atoms with Gasteiger partial charge in [0.1, 0.15) is 0 Å². The molecule has 0 aliphatic heterocycles. The van der Waals surface area contributed by atoms with Gasteiger partial charge in [-0.3, -0.25) is 0 Å². The maximum Gasteiger partial charge on any atom is 0.268 e. The van der Waals surface area contributed by atoms with Crippen molar-refractivity contribution >= 4 is 54.6 Å². The molecule has 0 spiro atoms. The molecule has 3 aromatic rings. The SMILES string of the molecule is NS(=O)(=O)c1ccc(N(c2ccc(Cl)cc2)S(=O)(=O)c2ccc(Cl)cc2)cc1. The monoisotopic (exact) mass is 456 g/mol. The quantitative estimate of drug-likeness (QED) is 0.622. The second kappa shape index (κ2) is 7.73. The molecule has 10 heteroatoms. The Kier molecular flexibility index (Phi) is 5.69. The Labute approximate surface area is 173 Å². The molecule has 0 heterocycles. The van der Waals surface area contributed by atoms with Crippen LogP contribution in [0.15, 0.2) is 82.6 Å². The maximum absolute atomic E-state index is 13.3. The lowest BCUT2D eigenvalue weighted by molar-refractivity contribution is 0.595. The zero-order valence-corrected chi connectivity index (χ0v) is 17.3. The number of benzene rings is 3. The van der Waals surface area contributed by atoms with E-state index in [0.717, 1.165) is 4.31 Å². The lowest BCUT2D eigenvalue weighted by atomic mass is 10.2. The summed E-state index contributed by atoms with van der Waals surface area (Å²) in [6.45, 7) is 0. The molecular weight excluding hydrogens is 443 g/mol. The summed E-state index contributed by atoms with van der Waals surface area (Å²) in [5.74, 6) is 0. The number of rotatable bonds is 5. The molecule has 6 nitrogen and oxygen atoms in total. The topological polar surface area (TPSA) is 97.5 Å². The minimum absolute atomic E-state index is 0.0161. The first-order chi connectivity index (χ1) is 13.1. The van der Waals surface area contributed by atoms with E-state index in [1.54, 1.807) is 24.3 Å². The van der Waals surface area contributed by atoms with Crippen LogP contribution in [-0.4, -0.2) is 16.8 Å². The van der Waals surface area contributed by atoms with E-state index < -0.39 is 20.0 Å². The van der Waals surface area contributed by atoms with Crippen molar-refractivity contribution in [1.82, 2.24) is 0 Å². The third kappa shape index (κ3) is 4.31. The van der Waals surface area contributed by atoms with Crippen LogP contribution >= 0.6 is 23.2 Å². The van der Waals surface area contributed by atoms with Gasteiger partial charge in [-0.1, -0.05) is 23.2 Å². The summed E-state index contributed by atoms with van der Waals surface area (Å²) in [6, 6.07) is 17.1. The predicted molar refractivity (Wildman–Crippen MR) is 110 cm³/mol. The fourth-order valence-electron chi connectivity index (χ4n) is 2.49. The number of hydrogen-bond donors (Lipinski definition) is 1. The summed E-state index contributed by atoms with van der Waals surface area (Å²) in [5, 5.41) is 5.95. The maximum atomic E-state index is 13.3. The van der Waals surface area contributed by atoms with Gasteiger partial charge in [0.25, 0.3) is 10.0 Å². The zero-order chi connectivity index (χ0) is 20.5. The van der Waals surface area contributed by atoms with E-state index in [1.165, 1.54) is 48.5 Å². The summed E-state index contributed by atoms with van der Waals surface area (Å²) in [7, 11) is -7.94. The largest absolute Gasteiger partial charge is 0.268 e. The molecule has 3 aromatic carbocycles. The highest BCUT2D eigenvalue weighted by atomic mass is 35.5. The molecule has 2 N–H and O–H groups in total. The summed E-state index contributed by atoms with van der Waals surface area (Å²) in [6.07, 6.45) is 0. The molecule has 28 heavy (non-hydrogen) atoms. The average molecular weight is 457 g/mol. The standard InChI is InChI=1S/C18H14Cl2N2O4S2/c19-13-1-5-15(6-2-13)22(16-7-11-17(12-8-16)27(21,23)24)28(25,26)18-9-3-14(20)4-10-18/h1-12H,(H2,21,23,24). The van der Waals surface area contributed by atoms with E-state index in [2.05, 4.69) is 0 Å². The highest BCUT2D eigenvalue weighted by Gasteiger charge is 2.27. The van der Waals surface area contributed by atoms with Gasteiger partial charge >= 0.3 is 0 Å².